The molecule has 1 unspecified atom stereocenters. The molecule has 9 heteroatoms. The SMILES string of the molecule is O=C(CC1CCCC1)N1CCN(C(=O)C2CCCN2S(=O)(=O)c2cccs2)CC1. The Morgan fingerprint density at radius 2 is 1.66 bits per heavy atom. The minimum Gasteiger partial charge on any atom is -0.339 e. The summed E-state index contributed by atoms with van der Waals surface area (Å²) in [6.07, 6.45) is 6.65. The van der Waals surface area contributed by atoms with Crippen molar-refractivity contribution in [2.24, 2.45) is 5.92 Å². The Kier molecular flexibility index (Phi) is 6.27. The van der Waals surface area contributed by atoms with Crippen LogP contribution in [0.1, 0.15) is 44.9 Å². The minimum atomic E-state index is -3.63. The molecular weight excluding hydrogens is 410 g/mol. The normalized spacial score (nSPS) is 24.3. The first kappa shape index (κ1) is 20.8. The van der Waals surface area contributed by atoms with Crippen LogP contribution in [0.2, 0.25) is 0 Å². The second kappa shape index (κ2) is 8.73. The van der Waals surface area contributed by atoms with E-state index in [2.05, 4.69) is 0 Å². The van der Waals surface area contributed by atoms with Gasteiger partial charge in [-0.15, -0.1) is 11.3 Å². The molecular formula is C20H29N3O4S2. The van der Waals surface area contributed by atoms with Crippen LogP contribution in [0.25, 0.3) is 0 Å². The van der Waals surface area contributed by atoms with Gasteiger partial charge in [-0.3, -0.25) is 9.59 Å². The van der Waals surface area contributed by atoms with Crippen molar-refractivity contribution in [2.75, 3.05) is 32.7 Å². The number of piperazine rings is 1. The van der Waals surface area contributed by atoms with Gasteiger partial charge in [-0.05, 0) is 43.0 Å². The standard InChI is InChI=1S/C20H29N3O4S2/c24-18(15-16-5-1-2-6-16)21-10-12-22(13-11-21)20(25)17-7-3-9-23(17)29(26,27)19-8-4-14-28-19/h4,8,14,16-17H,1-3,5-7,9-13,15H2. The number of sulfonamides is 1. The van der Waals surface area contributed by atoms with Gasteiger partial charge in [-0.2, -0.15) is 4.31 Å². The molecule has 3 heterocycles. The van der Waals surface area contributed by atoms with Gasteiger partial charge in [-0.1, -0.05) is 18.9 Å². The molecule has 2 amide bonds. The third kappa shape index (κ3) is 4.36. The fourth-order valence-electron chi connectivity index (χ4n) is 4.78. The van der Waals surface area contributed by atoms with Crippen molar-refractivity contribution in [2.45, 2.75) is 55.2 Å². The molecule has 0 spiro atoms. The van der Waals surface area contributed by atoms with E-state index in [1.165, 1.54) is 28.5 Å². The molecule has 29 heavy (non-hydrogen) atoms. The van der Waals surface area contributed by atoms with Crippen molar-refractivity contribution in [3.05, 3.63) is 17.5 Å². The van der Waals surface area contributed by atoms with Gasteiger partial charge < -0.3 is 9.80 Å². The lowest BCUT2D eigenvalue weighted by Crippen LogP contribution is -2.55. The number of hydrogen-bond donors (Lipinski definition) is 0. The van der Waals surface area contributed by atoms with Crippen LogP contribution in [0.15, 0.2) is 21.7 Å². The summed E-state index contributed by atoms with van der Waals surface area (Å²) in [6, 6.07) is 2.68. The predicted octanol–water partition coefficient (Wildman–Crippen LogP) is 2.15. The summed E-state index contributed by atoms with van der Waals surface area (Å²) in [5.41, 5.74) is 0. The van der Waals surface area contributed by atoms with Gasteiger partial charge in [0, 0.05) is 39.1 Å². The average Bonchev–Trinajstić information content (AvgIpc) is 3.49. The van der Waals surface area contributed by atoms with Crippen LogP contribution in [-0.2, 0) is 19.6 Å². The predicted molar refractivity (Wildman–Crippen MR) is 111 cm³/mol. The molecule has 3 aliphatic rings. The van der Waals surface area contributed by atoms with Crippen LogP contribution in [0.3, 0.4) is 0 Å². The van der Waals surface area contributed by atoms with Gasteiger partial charge in [0.1, 0.15) is 10.3 Å². The Bertz CT molecular complexity index is 826. The number of thiophene rings is 1. The number of rotatable bonds is 5. The highest BCUT2D eigenvalue weighted by atomic mass is 32.2. The van der Waals surface area contributed by atoms with Crippen LogP contribution in [-0.4, -0.2) is 73.1 Å². The van der Waals surface area contributed by atoms with Gasteiger partial charge in [-0.25, -0.2) is 8.42 Å². The molecule has 1 aromatic heterocycles. The fourth-order valence-corrected chi connectivity index (χ4v) is 7.55. The van der Waals surface area contributed by atoms with Gasteiger partial charge in [0.15, 0.2) is 0 Å². The largest absolute Gasteiger partial charge is 0.339 e. The molecule has 4 rings (SSSR count). The monoisotopic (exact) mass is 439 g/mol. The van der Waals surface area contributed by atoms with Crippen LogP contribution in [0, 0.1) is 5.92 Å². The summed E-state index contributed by atoms with van der Waals surface area (Å²) in [5, 5.41) is 1.74. The van der Waals surface area contributed by atoms with Crippen molar-refractivity contribution in [1.82, 2.24) is 14.1 Å². The lowest BCUT2D eigenvalue weighted by atomic mass is 10.0. The zero-order valence-electron chi connectivity index (χ0n) is 16.7. The molecule has 0 radical (unpaired) electrons. The Hall–Kier alpha value is -1.45. The Balaban J connectivity index is 1.34. The topological polar surface area (TPSA) is 78.0 Å². The van der Waals surface area contributed by atoms with Gasteiger partial charge in [0.2, 0.25) is 11.8 Å². The minimum absolute atomic E-state index is 0.120. The Morgan fingerprint density at radius 1 is 0.966 bits per heavy atom. The maximum Gasteiger partial charge on any atom is 0.253 e. The van der Waals surface area contributed by atoms with Crippen molar-refractivity contribution in [1.29, 1.82) is 0 Å². The summed E-state index contributed by atoms with van der Waals surface area (Å²) in [7, 11) is -3.63. The van der Waals surface area contributed by atoms with Crippen LogP contribution in [0.5, 0.6) is 0 Å². The summed E-state index contributed by atoms with van der Waals surface area (Å²) in [5.74, 6) is 0.606. The molecule has 2 saturated heterocycles. The molecule has 7 nitrogen and oxygen atoms in total. The third-order valence-corrected chi connectivity index (χ3v) is 9.71. The van der Waals surface area contributed by atoms with E-state index in [1.54, 1.807) is 22.4 Å². The zero-order valence-corrected chi connectivity index (χ0v) is 18.3. The molecule has 160 valence electrons. The van der Waals surface area contributed by atoms with E-state index in [4.69, 9.17) is 0 Å². The van der Waals surface area contributed by atoms with E-state index >= 15 is 0 Å². The number of amides is 2. The van der Waals surface area contributed by atoms with Crippen molar-refractivity contribution in [3.8, 4) is 0 Å². The second-order valence-corrected chi connectivity index (χ2v) is 11.3. The molecule has 1 saturated carbocycles. The van der Waals surface area contributed by atoms with E-state index in [0.717, 1.165) is 12.8 Å². The quantitative estimate of drug-likeness (QED) is 0.704. The first-order chi connectivity index (χ1) is 14.0. The molecule has 1 atom stereocenters. The summed E-state index contributed by atoms with van der Waals surface area (Å²) in [4.78, 5) is 29.3. The Labute approximate surface area is 176 Å². The van der Waals surface area contributed by atoms with Crippen LogP contribution in [0.4, 0.5) is 0 Å². The number of hydrogen-bond acceptors (Lipinski definition) is 5. The smallest absolute Gasteiger partial charge is 0.253 e. The average molecular weight is 440 g/mol. The van der Waals surface area contributed by atoms with Gasteiger partial charge in [0.05, 0.1) is 0 Å². The van der Waals surface area contributed by atoms with Gasteiger partial charge >= 0.3 is 0 Å². The summed E-state index contributed by atoms with van der Waals surface area (Å²) < 4.78 is 27.5. The molecule has 1 aromatic rings. The number of nitrogens with zero attached hydrogens (tertiary/aromatic N) is 3. The first-order valence-electron chi connectivity index (χ1n) is 10.6. The lowest BCUT2D eigenvalue weighted by molar-refractivity contribution is -0.142. The Morgan fingerprint density at radius 3 is 2.31 bits per heavy atom. The molecule has 0 bridgehead atoms. The lowest BCUT2D eigenvalue weighted by Gasteiger charge is -2.37. The van der Waals surface area contributed by atoms with E-state index in [-0.39, 0.29) is 11.8 Å². The van der Waals surface area contributed by atoms with Crippen molar-refractivity contribution in [3.63, 3.8) is 0 Å². The molecule has 3 fully saturated rings. The molecule has 1 aliphatic carbocycles. The van der Waals surface area contributed by atoms with E-state index in [9.17, 15) is 18.0 Å². The maximum atomic E-state index is 13.1. The number of carbonyl (C=O) groups is 2. The molecule has 0 aromatic carbocycles. The summed E-state index contributed by atoms with van der Waals surface area (Å²) >= 11 is 1.18. The molecule has 0 N–H and O–H groups in total. The third-order valence-electron chi connectivity index (χ3n) is 6.43. The maximum absolute atomic E-state index is 13.1. The van der Waals surface area contributed by atoms with Crippen molar-refractivity contribution < 1.29 is 18.0 Å². The highest BCUT2D eigenvalue weighted by Gasteiger charge is 2.42. The number of carbonyl (C=O) groups excluding carboxylic acids is 2. The highest BCUT2D eigenvalue weighted by molar-refractivity contribution is 7.91. The van der Waals surface area contributed by atoms with E-state index in [0.29, 0.717) is 62.1 Å². The van der Waals surface area contributed by atoms with Crippen LogP contribution >= 0.6 is 11.3 Å². The summed E-state index contributed by atoms with van der Waals surface area (Å²) in [6.45, 7) is 2.44. The highest BCUT2D eigenvalue weighted by Crippen LogP contribution is 2.30. The zero-order chi connectivity index (χ0) is 20.4. The second-order valence-electron chi connectivity index (χ2n) is 8.27. The van der Waals surface area contributed by atoms with Crippen molar-refractivity contribution >= 4 is 33.2 Å². The first-order valence-corrected chi connectivity index (χ1v) is 12.9. The van der Waals surface area contributed by atoms with E-state index in [1.807, 2.05) is 4.90 Å². The van der Waals surface area contributed by atoms with E-state index < -0.39 is 16.1 Å². The van der Waals surface area contributed by atoms with Gasteiger partial charge in [0.25, 0.3) is 10.0 Å². The fraction of sp³-hybridized carbons (Fsp3) is 0.700. The molecule has 2 aliphatic heterocycles. The van der Waals surface area contributed by atoms with Crippen LogP contribution < -0.4 is 0 Å².